The van der Waals surface area contributed by atoms with Gasteiger partial charge < -0.3 is 14.9 Å². The number of halogens is 1. The van der Waals surface area contributed by atoms with Gasteiger partial charge in [-0.1, -0.05) is 12.1 Å². The second kappa shape index (κ2) is 6.93. The Kier molecular flexibility index (Phi) is 4.89. The standard InChI is InChI=1S/C17H19BrN2O4/c18-13-5-1-2-6-14(13)20-10-11(8-15(20)21)17(24)19-7-3-4-12(19)9-16(22)23/h1-2,5-6,11-12H,3-4,7-10H2,(H,22,23). The maximum absolute atomic E-state index is 12.8. The Bertz CT molecular complexity index is 678. The van der Waals surface area contributed by atoms with Crippen molar-refractivity contribution in [2.75, 3.05) is 18.0 Å². The van der Waals surface area contributed by atoms with E-state index in [1.165, 1.54) is 0 Å². The van der Waals surface area contributed by atoms with Gasteiger partial charge in [0.2, 0.25) is 11.8 Å². The fourth-order valence-corrected chi connectivity index (χ4v) is 4.05. The molecule has 1 aromatic carbocycles. The smallest absolute Gasteiger partial charge is 0.305 e. The molecule has 0 aromatic heterocycles. The third-order valence-corrected chi connectivity index (χ3v) is 5.36. The van der Waals surface area contributed by atoms with Crippen LogP contribution in [0.4, 0.5) is 5.69 Å². The summed E-state index contributed by atoms with van der Waals surface area (Å²) in [5, 5.41) is 9.00. The Hall–Kier alpha value is -1.89. The molecule has 2 aliphatic rings. The molecule has 6 nitrogen and oxygen atoms in total. The molecule has 7 heteroatoms. The summed E-state index contributed by atoms with van der Waals surface area (Å²) in [7, 11) is 0. The molecule has 0 spiro atoms. The highest BCUT2D eigenvalue weighted by atomic mass is 79.9. The molecule has 128 valence electrons. The zero-order valence-corrected chi connectivity index (χ0v) is 14.7. The zero-order chi connectivity index (χ0) is 17.3. The zero-order valence-electron chi connectivity index (χ0n) is 13.2. The fraction of sp³-hybridized carbons (Fsp3) is 0.471. The Morgan fingerprint density at radius 2 is 2.04 bits per heavy atom. The number of carbonyl (C=O) groups is 3. The van der Waals surface area contributed by atoms with Crippen LogP contribution < -0.4 is 4.90 Å². The Morgan fingerprint density at radius 1 is 1.29 bits per heavy atom. The van der Waals surface area contributed by atoms with E-state index in [0.29, 0.717) is 19.5 Å². The van der Waals surface area contributed by atoms with Crippen LogP contribution in [-0.2, 0) is 14.4 Å². The number of aliphatic carboxylic acids is 1. The average molecular weight is 395 g/mol. The summed E-state index contributed by atoms with van der Waals surface area (Å²) in [6.07, 6.45) is 1.68. The van der Waals surface area contributed by atoms with Crippen molar-refractivity contribution in [3.63, 3.8) is 0 Å². The van der Waals surface area contributed by atoms with Gasteiger partial charge in [-0.2, -0.15) is 0 Å². The lowest BCUT2D eigenvalue weighted by atomic mass is 10.1. The number of likely N-dealkylation sites (tertiary alicyclic amines) is 1. The molecule has 3 rings (SSSR count). The van der Waals surface area contributed by atoms with Crippen molar-refractivity contribution >= 4 is 39.4 Å². The van der Waals surface area contributed by atoms with Crippen LogP contribution >= 0.6 is 15.9 Å². The topological polar surface area (TPSA) is 77.9 Å². The molecule has 0 saturated carbocycles. The first-order chi connectivity index (χ1) is 11.5. The second-order valence-corrected chi connectivity index (χ2v) is 7.14. The molecule has 2 atom stereocenters. The van der Waals surface area contributed by atoms with Crippen molar-refractivity contribution in [1.82, 2.24) is 4.90 Å². The Balaban J connectivity index is 1.72. The van der Waals surface area contributed by atoms with Crippen LogP contribution in [0.2, 0.25) is 0 Å². The highest BCUT2D eigenvalue weighted by Crippen LogP contribution is 2.33. The molecule has 2 fully saturated rings. The maximum Gasteiger partial charge on any atom is 0.305 e. The molecule has 0 bridgehead atoms. The molecule has 0 aliphatic carbocycles. The van der Waals surface area contributed by atoms with E-state index in [0.717, 1.165) is 16.6 Å². The van der Waals surface area contributed by atoms with Crippen LogP contribution in [0, 0.1) is 5.92 Å². The van der Waals surface area contributed by atoms with E-state index < -0.39 is 11.9 Å². The van der Waals surface area contributed by atoms with Crippen molar-refractivity contribution in [2.45, 2.75) is 31.7 Å². The molecule has 2 heterocycles. The first-order valence-corrected chi connectivity index (χ1v) is 8.84. The summed E-state index contributed by atoms with van der Waals surface area (Å²) in [4.78, 5) is 39.4. The van der Waals surface area contributed by atoms with Crippen molar-refractivity contribution < 1.29 is 19.5 Å². The van der Waals surface area contributed by atoms with Crippen LogP contribution in [0.15, 0.2) is 28.7 Å². The van der Waals surface area contributed by atoms with Gasteiger partial charge in [-0.15, -0.1) is 0 Å². The summed E-state index contributed by atoms with van der Waals surface area (Å²) in [5.74, 6) is -1.47. The van der Waals surface area contributed by atoms with E-state index in [2.05, 4.69) is 15.9 Å². The van der Waals surface area contributed by atoms with E-state index in [1.54, 1.807) is 9.80 Å². The minimum Gasteiger partial charge on any atom is -0.481 e. The van der Waals surface area contributed by atoms with Gasteiger partial charge in [-0.25, -0.2) is 0 Å². The number of carboxylic acid groups (broad SMARTS) is 1. The number of carbonyl (C=O) groups excluding carboxylic acids is 2. The number of carboxylic acids is 1. The van der Waals surface area contributed by atoms with Gasteiger partial charge in [0.1, 0.15) is 0 Å². The predicted molar refractivity (Wildman–Crippen MR) is 91.6 cm³/mol. The lowest BCUT2D eigenvalue weighted by Crippen LogP contribution is -2.41. The van der Waals surface area contributed by atoms with Crippen molar-refractivity contribution in [3.05, 3.63) is 28.7 Å². The van der Waals surface area contributed by atoms with Gasteiger partial charge in [-0.3, -0.25) is 14.4 Å². The number of nitrogens with zero attached hydrogens (tertiary/aromatic N) is 2. The highest BCUT2D eigenvalue weighted by Gasteiger charge is 2.40. The molecule has 2 saturated heterocycles. The summed E-state index contributed by atoms with van der Waals surface area (Å²) < 4.78 is 0.816. The van der Waals surface area contributed by atoms with E-state index in [4.69, 9.17) is 5.11 Å². The van der Waals surface area contributed by atoms with Gasteiger partial charge in [0.15, 0.2) is 0 Å². The van der Waals surface area contributed by atoms with Crippen molar-refractivity contribution in [3.8, 4) is 0 Å². The molecule has 1 aromatic rings. The summed E-state index contributed by atoms with van der Waals surface area (Å²) in [5.41, 5.74) is 0.765. The maximum atomic E-state index is 12.8. The van der Waals surface area contributed by atoms with Crippen LogP contribution in [0.3, 0.4) is 0 Å². The first kappa shape index (κ1) is 17.0. The minimum atomic E-state index is -0.892. The number of hydrogen-bond donors (Lipinski definition) is 1. The van der Waals surface area contributed by atoms with Crippen LogP contribution in [-0.4, -0.2) is 46.9 Å². The molecule has 0 radical (unpaired) electrons. The minimum absolute atomic E-state index is 0.0274. The van der Waals surface area contributed by atoms with E-state index in [-0.39, 0.29) is 30.7 Å². The first-order valence-electron chi connectivity index (χ1n) is 8.04. The van der Waals surface area contributed by atoms with Crippen molar-refractivity contribution in [1.29, 1.82) is 0 Å². The molecule has 24 heavy (non-hydrogen) atoms. The number of hydrogen-bond acceptors (Lipinski definition) is 3. The molecule has 1 N–H and O–H groups in total. The van der Waals surface area contributed by atoms with E-state index in [9.17, 15) is 14.4 Å². The van der Waals surface area contributed by atoms with E-state index >= 15 is 0 Å². The van der Waals surface area contributed by atoms with Crippen LogP contribution in [0.1, 0.15) is 25.7 Å². The van der Waals surface area contributed by atoms with Gasteiger partial charge in [0.05, 0.1) is 18.0 Å². The molecular formula is C17H19BrN2O4. The molecule has 2 aliphatic heterocycles. The Morgan fingerprint density at radius 3 is 2.75 bits per heavy atom. The predicted octanol–water partition coefficient (Wildman–Crippen LogP) is 2.27. The SMILES string of the molecule is O=C(O)CC1CCCN1C(=O)C1CC(=O)N(c2ccccc2Br)C1. The number of amides is 2. The normalized spacial score (nSPS) is 23.8. The fourth-order valence-electron chi connectivity index (χ4n) is 3.55. The highest BCUT2D eigenvalue weighted by molar-refractivity contribution is 9.10. The van der Waals surface area contributed by atoms with Gasteiger partial charge in [-0.05, 0) is 40.9 Å². The largest absolute Gasteiger partial charge is 0.481 e. The van der Waals surface area contributed by atoms with Crippen LogP contribution in [0.5, 0.6) is 0 Å². The third kappa shape index (κ3) is 3.31. The number of anilines is 1. The third-order valence-electron chi connectivity index (χ3n) is 4.69. The molecular weight excluding hydrogens is 376 g/mol. The number of benzene rings is 1. The number of rotatable bonds is 4. The van der Waals surface area contributed by atoms with E-state index in [1.807, 2.05) is 24.3 Å². The lowest BCUT2D eigenvalue weighted by molar-refractivity contribution is -0.141. The quantitative estimate of drug-likeness (QED) is 0.849. The number of para-hydroxylation sites is 1. The Labute approximate surface area is 148 Å². The molecule has 2 amide bonds. The summed E-state index contributed by atoms with van der Waals surface area (Å²) >= 11 is 3.44. The molecule has 2 unspecified atom stereocenters. The van der Waals surface area contributed by atoms with Gasteiger partial charge in [0, 0.05) is 30.0 Å². The van der Waals surface area contributed by atoms with Crippen molar-refractivity contribution in [2.24, 2.45) is 5.92 Å². The lowest BCUT2D eigenvalue weighted by Gasteiger charge is -2.26. The van der Waals surface area contributed by atoms with Gasteiger partial charge in [0.25, 0.3) is 0 Å². The second-order valence-electron chi connectivity index (χ2n) is 6.28. The van der Waals surface area contributed by atoms with Gasteiger partial charge >= 0.3 is 5.97 Å². The summed E-state index contributed by atoms with van der Waals surface area (Å²) in [6.45, 7) is 0.924. The average Bonchev–Trinajstić information content (AvgIpc) is 3.13. The summed E-state index contributed by atoms with van der Waals surface area (Å²) in [6, 6.07) is 7.19. The monoisotopic (exact) mass is 394 g/mol. The van der Waals surface area contributed by atoms with Crippen LogP contribution in [0.25, 0.3) is 0 Å².